The molecule has 0 saturated carbocycles. The lowest BCUT2D eigenvalue weighted by Crippen LogP contribution is -2.14. The zero-order valence-electron chi connectivity index (χ0n) is 15.1. The molecule has 0 aliphatic heterocycles. The molecule has 28 heavy (non-hydrogen) atoms. The number of nitriles is 1. The molecule has 0 unspecified atom stereocenters. The van der Waals surface area contributed by atoms with Crippen molar-refractivity contribution in [3.63, 3.8) is 0 Å². The van der Waals surface area contributed by atoms with Crippen LogP contribution >= 0.6 is 0 Å². The summed E-state index contributed by atoms with van der Waals surface area (Å²) in [7, 11) is 1.50. The molecule has 0 aliphatic carbocycles. The van der Waals surface area contributed by atoms with Crippen molar-refractivity contribution in [3.8, 4) is 11.8 Å². The molecule has 3 rings (SSSR count). The third-order valence-corrected chi connectivity index (χ3v) is 3.98. The van der Waals surface area contributed by atoms with Crippen LogP contribution in [0.4, 0.5) is 11.4 Å². The second kappa shape index (κ2) is 8.52. The van der Waals surface area contributed by atoms with Crippen LogP contribution in [0.2, 0.25) is 0 Å². The van der Waals surface area contributed by atoms with E-state index >= 15 is 0 Å². The van der Waals surface area contributed by atoms with Crippen LogP contribution in [-0.4, -0.2) is 18.9 Å². The molecular formula is C22H17N3O3. The van der Waals surface area contributed by atoms with E-state index in [9.17, 15) is 9.59 Å². The average Bonchev–Trinajstić information content (AvgIpc) is 2.74. The normalized spacial score (nSPS) is 9.86. The summed E-state index contributed by atoms with van der Waals surface area (Å²) in [4.78, 5) is 24.9. The highest BCUT2D eigenvalue weighted by molar-refractivity contribution is 6.07. The number of methoxy groups -OCH3 is 1. The quantitative estimate of drug-likeness (QED) is 0.707. The monoisotopic (exact) mass is 371 g/mol. The maximum absolute atomic E-state index is 12.5. The van der Waals surface area contributed by atoms with Gasteiger partial charge in [0.1, 0.15) is 5.75 Å². The van der Waals surface area contributed by atoms with Gasteiger partial charge in [0.25, 0.3) is 11.8 Å². The summed E-state index contributed by atoms with van der Waals surface area (Å²) in [5.74, 6) is -0.185. The number of nitrogens with zero attached hydrogens (tertiary/aromatic N) is 1. The van der Waals surface area contributed by atoms with Gasteiger partial charge in [0, 0.05) is 16.9 Å². The lowest BCUT2D eigenvalue weighted by molar-refractivity contribution is 0.101. The summed E-state index contributed by atoms with van der Waals surface area (Å²) in [5.41, 5.74) is 2.24. The van der Waals surface area contributed by atoms with E-state index in [2.05, 4.69) is 10.6 Å². The Bertz CT molecular complexity index is 1070. The van der Waals surface area contributed by atoms with Crippen molar-refractivity contribution >= 4 is 23.2 Å². The maximum atomic E-state index is 12.5. The van der Waals surface area contributed by atoms with Gasteiger partial charge in [-0.3, -0.25) is 9.59 Å². The molecule has 0 spiro atoms. The number of amides is 2. The Morgan fingerprint density at radius 1 is 0.857 bits per heavy atom. The van der Waals surface area contributed by atoms with Crippen molar-refractivity contribution in [2.45, 2.75) is 0 Å². The highest BCUT2D eigenvalue weighted by atomic mass is 16.5. The lowest BCUT2D eigenvalue weighted by Gasteiger charge is -2.11. The predicted molar refractivity (Wildman–Crippen MR) is 106 cm³/mol. The van der Waals surface area contributed by atoms with Crippen LogP contribution in [-0.2, 0) is 0 Å². The van der Waals surface area contributed by atoms with Crippen LogP contribution < -0.4 is 15.4 Å². The molecule has 138 valence electrons. The number of anilines is 2. The fourth-order valence-electron chi connectivity index (χ4n) is 2.64. The minimum atomic E-state index is -0.342. The number of carbonyl (C=O) groups is 2. The molecule has 0 fully saturated rings. The van der Waals surface area contributed by atoms with Crippen LogP contribution in [0.25, 0.3) is 0 Å². The van der Waals surface area contributed by atoms with Crippen LogP contribution in [0.3, 0.4) is 0 Å². The number of rotatable bonds is 5. The van der Waals surface area contributed by atoms with Gasteiger partial charge in [0.05, 0.1) is 24.3 Å². The Morgan fingerprint density at radius 3 is 2.25 bits per heavy atom. The summed E-state index contributed by atoms with van der Waals surface area (Å²) in [6.45, 7) is 0. The van der Waals surface area contributed by atoms with E-state index in [0.717, 1.165) is 0 Å². The van der Waals surface area contributed by atoms with E-state index in [1.54, 1.807) is 66.7 Å². The van der Waals surface area contributed by atoms with Crippen molar-refractivity contribution in [2.24, 2.45) is 0 Å². The lowest BCUT2D eigenvalue weighted by atomic mass is 10.1. The van der Waals surface area contributed by atoms with E-state index < -0.39 is 0 Å². The average molecular weight is 371 g/mol. The van der Waals surface area contributed by atoms with Crippen molar-refractivity contribution in [1.29, 1.82) is 5.26 Å². The third-order valence-electron chi connectivity index (χ3n) is 3.98. The van der Waals surface area contributed by atoms with Crippen LogP contribution in [0.5, 0.6) is 5.75 Å². The molecule has 0 radical (unpaired) electrons. The first kappa shape index (κ1) is 18.7. The summed E-state index contributed by atoms with van der Waals surface area (Å²) >= 11 is 0. The fourth-order valence-corrected chi connectivity index (χ4v) is 2.64. The number of benzene rings is 3. The zero-order valence-corrected chi connectivity index (χ0v) is 15.1. The SMILES string of the molecule is COc1ccccc1C(=O)Nc1cccc(NC(=O)c2cccc(C#N)c2)c1. The fraction of sp³-hybridized carbons (Fsp3) is 0.0455. The summed E-state index contributed by atoms with van der Waals surface area (Å²) < 4.78 is 5.21. The first-order valence-corrected chi connectivity index (χ1v) is 8.46. The van der Waals surface area contributed by atoms with Crippen LogP contribution in [0.15, 0.2) is 72.8 Å². The van der Waals surface area contributed by atoms with Gasteiger partial charge in [-0.25, -0.2) is 0 Å². The van der Waals surface area contributed by atoms with Gasteiger partial charge in [-0.05, 0) is 48.5 Å². The number of nitrogens with one attached hydrogen (secondary N) is 2. The molecule has 0 aromatic heterocycles. The van der Waals surface area contributed by atoms with Gasteiger partial charge in [-0.1, -0.05) is 24.3 Å². The summed E-state index contributed by atoms with van der Waals surface area (Å²) in [6.07, 6.45) is 0. The number of hydrogen-bond acceptors (Lipinski definition) is 4. The first-order valence-electron chi connectivity index (χ1n) is 8.46. The number of hydrogen-bond donors (Lipinski definition) is 2. The van der Waals surface area contributed by atoms with Crippen LogP contribution in [0.1, 0.15) is 26.3 Å². The second-order valence-corrected chi connectivity index (χ2v) is 5.88. The second-order valence-electron chi connectivity index (χ2n) is 5.88. The van der Waals surface area contributed by atoms with E-state index in [-0.39, 0.29) is 11.8 Å². The molecule has 0 saturated heterocycles. The molecule has 3 aromatic carbocycles. The van der Waals surface area contributed by atoms with Gasteiger partial charge < -0.3 is 15.4 Å². The van der Waals surface area contributed by atoms with Gasteiger partial charge in [-0.2, -0.15) is 5.26 Å². The van der Waals surface area contributed by atoms with Crippen molar-refractivity contribution in [3.05, 3.63) is 89.5 Å². The highest BCUT2D eigenvalue weighted by Gasteiger charge is 2.12. The topological polar surface area (TPSA) is 91.2 Å². The molecular weight excluding hydrogens is 354 g/mol. The molecule has 2 amide bonds. The number of carbonyl (C=O) groups excluding carboxylic acids is 2. The highest BCUT2D eigenvalue weighted by Crippen LogP contribution is 2.21. The van der Waals surface area contributed by atoms with Gasteiger partial charge in [-0.15, -0.1) is 0 Å². The summed E-state index contributed by atoms with van der Waals surface area (Å²) in [5, 5.41) is 14.5. The van der Waals surface area contributed by atoms with Crippen molar-refractivity contribution < 1.29 is 14.3 Å². The largest absolute Gasteiger partial charge is 0.496 e. The van der Waals surface area contributed by atoms with E-state index in [4.69, 9.17) is 10.00 Å². The molecule has 2 N–H and O–H groups in total. The van der Waals surface area contributed by atoms with E-state index in [1.165, 1.54) is 13.2 Å². The first-order chi connectivity index (χ1) is 13.6. The Labute approximate surface area is 162 Å². The standard InChI is InChI=1S/C22H17N3O3/c1-28-20-11-3-2-10-19(20)22(27)25-18-9-5-8-17(13-18)24-21(26)16-7-4-6-15(12-16)14-23/h2-13H,1H3,(H,24,26)(H,25,27). The Kier molecular flexibility index (Phi) is 5.68. The van der Waals surface area contributed by atoms with E-state index in [1.807, 2.05) is 6.07 Å². The van der Waals surface area contributed by atoms with Crippen molar-refractivity contribution in [2.75, 3.05) is 17.7 Å². The molecule has 0 bridgehead atoms. The smallest absolute Gasteiger partial charge is 0.259 e. The maximum Gasteiger partial charge on any atom is 0.259 e. The molecule has 6 heteroatoms. The van der Waals surface area contributed by atoms with Crippen LogP contribution in [0, 0.1) is 11.3 Å². The predicted octanol–water partition coefficient (Wildman–Crippen LogP) is 4.07. The Balaban J connectivity index is 1.74. The number of para-hydroxylation sites is 1. The molecule has 0 heterocycles. The van der Waals surface area contributed by atoms with Gasteiger partial charge in [0.2, 0.25) is 0 Å². The van der Waals surface area contributed by atoms with Gasteiger partial charge in [0.15, 0.2) is 0 Å². The minimum Gasteiger partial charge on any atom is -0.496 e. The van der Waals surface area contributed by atoms with Crippen molar-refractivity contribution in [1.82, 2.24) is 0 Å². The zero-order chi connectivity index (χ0) is 19.9. The Hall–Kier alpha value is -4.11. The molecule has 6 nitrogen and oxygen atoms in total. The van der Waals surface area contributed by atoms with E-state index in [0.29, 0.717) is 33.8 Å². The molecule has 0 atom stereocenters. The summed E-state index contributed by atoms with van der Waals surface area (Å²) in [6, 6.07) is 22.2. The third kappa shape index (κ3) is 4.34. The number of ether oxygens (including phenoxy) is 1. The molecule has 0 aliphatic rings. The Morgan fingerprint density at radius 2 is 1.54 bits per heavy atom. The minimum absolute atomic E-state index is 0.317. The van der Waals surface area contributed by atoms with Gasteiger partial charge >= 0.3 is 0 Å². The molecule has 3 aromatic rings.